The van der Waals surface area contributed by atoms with Crippen LogP contribution in [0.4, 0.5) is 0 Å². The first-order valence-electron chi connectivity index (χ1n) is 7.42. The topological polar surface area (TPSA) is 35.6 Å². The molecule has 5 heteroatoms. The van der Waals surface area contributed by atoms with Crippen LogP contribution in [0.25, 0.3) is 11.2 Å². The molecule has 2 heterocycles. The molecule has 0 spiro atoms. The van der Waals surface area contributed by atoms with Crippen molar-refractivity contribution in [1.29, 1.82) is 0 Å². The summed E-state index contributed by atoms with van der Waals surface area (Å²) in [6.07, 6.45) is 1.94. The second-order valence-corrected chi connectivity index (χ2v) is 6.52. The summed E-state index contributed by atoms with van der Waals surface area (Å²) in [7, 11) is 0. The molecule has 4 nitrogen and oxygen atoms in total. The molecule has 0 saturated heterocycles. The molecule has 0 aliphatic heterocycles. The molecule has 0 aliphatic rings. The van der Waals surface area contributed by atoms with Crippen LogP contribution >= 0.6 is 11.6 Å². The number of alkyl halides is 1. The molecule has 112 valence electrons. The molecule has 0 atom stereocenters. The van der Waals surface area contributed by atoms with Crippen LogP contribution in [-0.2, 0) is 19.5 Å². The van der Waals surface area contributed by atoms with Gasteiger partial charge in [-0.3, -0.25) is 0 Å². The minimum atomic E-state index is 0.242. The third kappa shape index (κ3) is 2.71. The third-order valence-electron chi connectivity index (χ3n) is 4.04. The number of hydrogen-bond acceptors (Lipinski definition) is 2. The van der Waals surface area contributed by atoms with Gasteiger partial charge in [0.25, 0.3) is 0 Å². The number of imidazole rings is 1. The fourth-order valence-corrected chi connectivity index (χ4v) is 2.64. The first kappa shape index (κ1) is 15.4. The molecule has 2 aromatic rings. The summed E-state index contributed by atoms with van der Waals surface area (Å²) < 4.78 is 4.38. The van der Waals surface area contributed by atoms with E-state index in [0.717, 1.165) is 48.6 Å². The molecule has 0 radical (unpaired) electrons. The van der Waals surface area contributed by atoms with Gasteiger partial charge < -0.3 is 4.57 Å². The largest absolute Gasteiger partial charge is 0.312 e. The van der Waals surface area contributed by atoms with Gasteiger partial charge in [0.05, 0.1) is 5.69 Å². The molecule has 0 bridgehead atoms. The number of aryl methyl sites for hydroxylation is 3. The summed E-state index contributed by atoms with van der Waals surface area (Å²) in [6, 6.07) is 0. The zero-order valence-corrected chi connectivity index (χ0v) is 14.0. The quantitative estimate of drug-likeness (QED) is 0.761. The Hall–Kier alpha value is -1.03. The fourth-order valence-electron chi connectivity index (χ4n) is 2.47. The Morgan fingerprint density at radius 3 is 2.50 bits per heavy atom. The molecule has 0 amide bonds. The molecular formula is C15H25ClN4. The van der Waals surface area contributed by atoms with Crippen molar-refractivity contribution in [2.24, 2.45) is 5.41 Å². The van der Waals surface area contributed by atoms with Crippen LogP contribution in [0, 0.1) is 12.3 Å². The number of nitrogens with zero attached hydrogens (tertiary/aromatic N) is 4. The third-order valence-corrected chi connectivity index (χ3v) is 4.23. The lowest BCUT2D eigenvalue weighted by molar-refractivity contribution is 0.292. The van der Waals surface area contributed by atoms with Crippen molar-refractivity contribution in [3.05, 3.63) is 11.5 Å². The standard InChI is InChI=1S/C15H25ClN4/c1-6-15(4,5)10-19-12(8-9-16)17-13-11(3)18-20(7-2)14(13)19/h6-10H2,1-5H3. The lowest BCUT2D eigenvalue weighted by Gasteiger charge is -2.24. The Bertz CT molecular complexity index is 595. The summed E-state index contributed by atoms with van der Waals surface area (Å²) in [6.45, 7) is 12.8. The van der Waals surface area contributed by atoms with Crippen molar-refractivity contribution in [2.45, 2.75) is 60.5 Å². The lowest BCUT2D eigenvalue weighted by atomic mass is 9.90. The Morgan fingerprint density at radius 1 is 1.25 bits per heavy atom. The summed E-state index contributed by atoms with van der Waals surface area (Å²) in [5.74, 6) is 1.68. The average Bonchev–Trinajstić information content (AvgIpc) is 2.90. The second-order valence-electron chi connectivity index (χ2n) is 6.14. The van der Waals surface area contributed by atoms with Gasteiger partial charge in [0.1, 0.15) is 11.3 Å². The number of hydrogen-bond donors (Lipinski definition) is 0. The van der Waals surface area contributed by atoms with Gasteiger partial charge in [-0.05, 0) is 25.7 Å². The number of rotatable bonds is 6. The number of fused-ring (bicyclic) bond motifs is 1. The van der Waals surface area contributed by atoms with Crippen molar-refractivity contribution in [3.8, 4) is 0 Å². The van der Waals surface area contributed by atoms with E-state index < -0.39 is 0 Å². The highest BCUT2D eigenvalue weighted by molar-refractivity contribution is 6.17. The van der Waals surface area contributed by atoms with Crippen LogP contribution in [0.15, 0.2) is 0 Å². The summed E-state index contributed by atoms with van der Waals surface area (Å²) in [5, 5.41) is 4.59. The van der Waals surface area contributed by atoms with Crippen molar-refractivity contribution in [3.63, 3.8) is 0 Å². The first-order valence-corrected chi connectivity index (χ1v) is 7.95. The van der Waals surface area contributed by atoms with Crippen LogP contribution in [0.1, 0.15) is 45.6 Å². The lowest BCUT2D eigenvalue weighted by Crippen LogP contribution is -2.21. The smallest absolute Gasteiger partial charge is 0.158 e. The average molecular weight is 297 g/mol. The van der Waals surface area contributed by atoms with E-state index in [0.29, 0.717) is 5.88 Å². The summed E-state index contributed by atoms with van der Waals surface area (Å²) in [5.41, 5.74) is 3.42. The molecule has 0 fully saturated rings. The molecular weight excluding hydrogens is 272 g/mol. The Kier molecular flexibility index (Phi) is 4.43. The Balaban J connectivity index is 2.60. The van der Waals surface area contributed by atoms with E-state index in [1.54, 1.807) is 0 Å². The molecule has 0 aliphatic carbocycles. The maximum Gasteiger partial charge on any atom is 0.158 e. The SMILES string of the molecule is CCn1nc(C)c2nc(CCCl)n(CC(C)(C)CC)c21. The molecule has 0 aromatic carbocycles. The number of halogens is 1. The van der Waals surface area contributed by atoms with E-state index in [4.69, 9.17) is 16.6 Å². The molecule has 2 aromatic heterocycles. The van der Waals surface area contributed by atoms with Crippen molar-refractivity contribution < 1.29 is 0 Å². The van der Waals surface area contributed by atoms with Gasteiger partial charge in [-0.15, -0.1) is 11.6 Å². The van der Waals surface area contributed by atoms with Gasteiger partial charge in [0.2, 0.25) is 0 Å². The number of aromatic nitrogens is 4. The monoisotopic (exact) mass is 296 g/mol. The molecule has 0 saturated carbocycles. The fraction of sp³-hybridized carbons (Fsp3) is 0.733. The van der Waals surface area contributed by atoms with E-state index in [-0.39, 0.29) is 5.41 Å². The Labute approximate surface area is 126 Å². The maximum absolute atomic E-state index is 5.95. The van der Waals surface area contributed by atoms with Crippen LogP contribution in [-0.4, -0.2) is 25.2 Å². The van der Waals surface area contributed by atoms with E-state index >= 15 is 0 Å². The summed E-state index contributed by atoms with van der Waals surface area (Å²) in [4.78, 5) is 4.78. The second kappa shape index (κ2) is 5.76. The van der Waals surface area contributed by atoms with Gasteiger partial charge in [-0.1, -0.05) is 20.8 Å². The van der Waals surface area contributed by atoms with Crippen molar-refractivity contribution in [2.75, 3.05) is 5.88 Å². The predicted octanol–water partition coefficient (Wildman–Crippen LogP) is 3.78. The highest BCUT2D eigenvalue weighted by Gasteiger charge is 2.23. The minimum absolute atomic E-state index is 0.242. The van der Waals surface area contributed by atoms with Crippen molar-refractivity contribution >= 4 is 22.8 Å². The normalized spacial score (nSPS) is 12.5. The zero-order chi connectivity index (χ0) is 14.9. The van der Waals surface area contributed by atoms with Gasteiger partial charge >= 0.3 is 0 Å². The van der Waals surface area contributed by atoms with Crippen LogP contribution in [0.3, 0.4) is 0 Å². The van der Waals surface area contributed by atoms with Crippen LogP contribution in [0.5, 0.6) is 0 Å². The maximum atomic E-state index is 5.95. The van der Waals surface area contributed by atoms with E-state index in [1.807, 2.05) is 6.92 Å². The van der Waals surface area contributed by atoms with E-state index in [9.17, 15) is 0 Å². The predicted molar refractivity (Wildman–Crippen MR) is 84.4 cm³/mol. The van der Waals surface area contributed by atoms with E-state index in [1.165, 1.54) is 0 Å². The van der Waals surface area contributed by atoms with Gasteiger partial charge in [0.15, 0.2) is 5.65 Å². The molecule has 0 unspecified atom stereocenters. The van der Waals surface area contributed by atoms with E-state index in [2.05, 4.69) is 42.0 Å². The van der Waals surface area contributed by atoms with Gasteiger partial charge in [-0.2, -0.15) is 5.10 Å². The molecule has 0 N–H and O–H groups in total. The summed E-state index contributed by atoms with van der Waals surface area (Å²) >= 11 is 5.95. The highest BCUT2D eigenvalue weighted by atomic mass is 35.5. The highest BCUT2D eigenvalue weighted by Crippen LogP contribution is 2.28. The molecule has 20 heavy (non-hydrogen) atoms. The Morgan fingerprint density at radius 2 is 1.95 bits per heavy atom. The first-order chi connectivity index (χ1) is 9.43. The van der Waals surface area contributed by atoms with Crippen molar-refractivity contribution in [1.82, 2.24) is 19.3 Å². The van der Waals surface area contributed by atoms with Crippen LogP contribution < -0.4 is 0 Å². The zero-order valence-electron chi connectivity index (χ0n) is 13.2. The van der Waals surface area contributed by atoms with Gasteiger partial charge in [0, 0.05) is 25.4 Å². The van der Waals surface area contributed by atoms with Gasteiger partial charge in [-0.25, -0.2) is 9.67 Å². The molecule has 2 rings (SSSR count). The van der Waals surface area contributed by atoms with Crippen LogP contribution in [0.2, 0.25) is 0 Å². The minimum Gasteiger partial charge on any atom is -0.312 e.